The number of thiazole rings is 1. The fourth-order valence-corrected chi connectivity index (χ4v) is 4.97. The molecule has 2 aromatic rings. The van der Waals surface area contributed by atoms with E-state index in [2.05, 4.69) is 4.98 Å². The van der Waals surface area contributed by atoms with Crippen LogP contribution in [0.25, 0.3) is 4.96 Å². The molecule has 1 atom stereocenters. The molecule has 110 valence electrons. The van der Waals surface area contributed by atoms with E-state index < -0.39 is 16.1 Å². The number of fused-ring (bicyclic) bond motifs is 1. The summed E-state index contributed by atoms with van der Waals surface area (Å²) in [5.74, 6) is 0. The summed E-state index contributed by atoms with van der Waals surface area (Å²) in [7, 11) is -3.77. The summed E-state index contributed by atoms with van der Waals surface area (Å²) in [5.41, 5.74) is 0. The SMILES string of the molecule is O=S(=O)(c1c(Cl)nc2sccn12)N1CCOC(CO)C1. The van der Waals surface area contributed by atoms with Gasteiger partial charge in [0.05, 0.1) is 19.3 Å². The van der Waals surface area contributed by atoms with Crippen LogP contribution in [0.15, 0.2) is 16.6 Å². The smallest absolute Gasteiger partial charge is 0.262 e. The Bertz CT molecular complexity index is 726. The molecule has 2 aromatic heterocycles. The summed E-state index contributed by atoms with van der Waals surface area (Å²) in [6.45, 7) is 0.354. The minimum Gasteiger partial charge on any atom is -0.394 e. The average molecular weight is 338 g/mol. The first kappa shape index (κ1) is 14.2. The number of sulfonamides is 1. The van der Waals surface area contributed by atoms with E-state index in [9.17, 15) is 8.42 Å². The van der Waals surface area contributed by atoms with Crippen LogP contribution in [0, 0.1) is 0 Å². The molecule has 10 heteroatoms. The number of imidazole rings is 1. The van der Waals surface area contributed by atoms with Gasteiger partial charge in [-0.2, -0.15) is 4.31 Å². The van der Waals surface area contributed by atoms with Gasteiger partial charge in [0, 0.05) is 24.7 Å². The van der Waals surface area contributed by atoms with Crippen molar-refractivity contribution in [3.63, 3.8) is 0 Å². The van der Waals surface area contributed by atoms with Crippen LogP contribution in [-0.4, -0.2) is 59.6 Å². The number of aliphatic hydroxyl groups excluding tert-OH is 1. The van der Waals surface area contributed by atoms with Gasteiger partial charge in [-0.15, -0.1) is 11.3 Å². The highest BCUT2D eigenvalue weighted by Gasteiger charge is 2.35. The molecule has 20 heavy (non-hydrogen) atoms. The Kier molecular flexibility index (Phi) is 3.73. The van der Waals surface area contributed by atoms with Crippen LogP contribution in [0.3, 0.4) is 0 Å². The predicted molar refractivity (Wildman–Crippen MR) is 73.7 cm³/mol. The molecule has 0 saturated carbocycles. The summed E-state index contributed by atoms with van der Waals surface area (Å²) in [6, 6.07) is 0. The maximum atomic E-state index is 12.7. The molecule has 3 rings (SSSR count). The average Bonchev–Trinajstić information content (AvgIpc) is 2.98. The zero-order chi connectivity index (χ0) is 14.3. The lowest BCUT2D eigenvalue weighted by atomic mass is 10.3. The number of nitrogens with zero attached hydrogens (tertiary/aromatic N) is 3. The van der Waals surface area contributed by atoms with Gasteiger partial charge in [0.15, 0.2) is 15.1 Å². The summed E-state index contributed by atoms with van der Waals surface area (Å²) >= 11 is 7.28. The first-order valence-electron chi connectivity index (χ1n) is 5.87. The van der Waals surface area contributed by atoms with Gasteiger partial charge in [-0.25, -0.2) is 13.4 Å². The molecule has 1 fully saturated rings. The lowest BCUT2D eigenvalue weighted by Gasteiger charge is -2.30. The van der Waals surface area contributed by atoms with Crippen LogP contribution in [0.4, 0.5) is 0 Å². The molecule has 1 saturated heterocycles. The van der Waals surface area contributed by atoms with Crippen molar-refractivity contribution in [2.45, 2.75) is 11.1 Å². The van der Waals surface area contributed by atoms with Crippen LogP contribution in [0.1, 0.15) is 0 Å². The van der Waals surface area contributed by atoms with Crippen LogP contribution >= 0.6 is 22.9 Å². The number of hydrogen-bond donors (Lipinski definition) is 1. The number of morpholine rings is 1. The number of aromatic nitrogens is 2. The van der Waals surface area contributed by atoms with Gasteiger partial charge in [0.1, 0.15) is 0 Å². The summed E-state index contributed by atoms with van der Waals surface area (Å²) in [5, 5.41) is 10.8. The molecule has 1 aliphatic heterocycles. The highest BCUT2D eigenvalue weighted by Crippen LogP contribution is 2.28. The topological polar surface area (TPSA) is 84.1 Å². The van der Waals surface area contributed by atoms with E-state index in [0.29, 0.717) is 4.96 Å². The molecule has 0 bridgehead atoms. The van der Waals surface area contributed by atoms with Gasteiger partial charge >= 0.3 is 0 Å². The quantitative estimate of drug-likeness (QED) is 0.878. The standard InChI is InChI=1S/C10H12ClN3O4S2/c11-8-9(14-2-4-19-10(14)12-8)20(16,17)13-1-3-18-7(5-13)6-15/h2,4,7,15H,1,3,5-6H2. The normalized spacial score (nSPS) is 21.6. The highest BCUT2D eigenvalue weighted by atomic mass is 35.5. The third-order valence-electron chi connectivity index (χ3n) is 3.07. The van der Waals surface area contributed by atoms with Crippen LogP contribution in [0.2, 0.25) is 5.15 Å². The summed E-state index contributed by atoms with van der Waals surface area (Å²) in [6.07, 6.45) is 1.11. The molecule has 7 nitrogen and oxygen atoms in total. The predicted octanol–water partition coefficient (Wildman–Crippen LogP) is 0.431. The number of halogens is 1. The van der Waals surface area contributed by atoms with Crippen molar-refractivity contribution in [2.75, 3.05) is 26.3 Å². The first-order valence-corrected chi connectivity index (χ1v) is 8.57. The van der Waals surface area contributed by atoms with Crippen LogP contribution < -0.4 is 0 Å². The van der Waals surface area contributed by atoms with E-state index in [0.717, 1.165) is 0 Å². The second-order valence-corrected chi connectivity index (χ2v) is 7.39. The monoisotopic (exact) mass is 337 g/mol. The van der Waals surface area contributed by atoms with E-state index >= 15 is 0 Å². The molecule has 0 aromatic carbocycles. The van der Waals surface area contributed by atoms with Gasteiger partial charge in [0.25, 0.3) is 10.0 Å². The number of hydrogen-bond acceptors (Lipinski definition) is 6. The fraction of sp³-hybridized carbons (Fsp3) is 0.500. The Hall–Kier alpha value is -0.710. The second-order valence-electron chi connectivity index (χ2n) is 4.30. The number of ether oxygens (including phenoxy) is 1. The Balaban J connectivity index is 2.03. The van der Waals surface area contributed by atoms with Gasteiger partial charge in [-0.1, -0.05) is 11.6 Å². The lowest BCUT2D eigenvalue weighted by molar-refractivity contribution is -0.0305. The Morgan fingerprint density at radius 3 is 3.15 bits per heavy atom. The van der Waals surface area contributed by atoms with Gasteiger partial charge in [-0.05, 0) is 0 Å². The third-order valence-corrected chi connectivity index (χ3v) is 6.09. The van der Waals surface area contributed by atoms with Crippen molar-refractivity contribution in [3.05, 3.63) is 16.7 Å². The Morgan fingerprint density at radius 2 is 2.40 bits per heavy atom. The molecule has 1 aliphatic rings. The summed E-state index contributed by atoms with van der Waals surface area (Å²) in [4.78, 5) is 4.56. The minimum atomic E-state index is -3.77. The molecule has 1 N–H and O–H groups in total. The number of rotatable bonds is 3. The lowest BCUT2D eigenvalue weighted by Crippen LogP contribution is -2.47. The Labute approximate surface area is 124 Å². The largest absolute Gasteiger partial charge is 0.394 e. The minimum absolute atomic E-state index is 0.0333. The van der Waals surface area contributed by atoms with E-state index in [1.54, 1.807) is 11.6 Å². The first-order chi connectivity index (χ1) is 9.54. The van der Waals surface area contributed by atoms with Crippen LogP contribution in [-0.2, 0) is 14.8 Å². The zero-order valence-electron chi connectivity index (χ0n) is 10.3. The van der Waals surface area contributed by atoms with Crippen molar-refractivity contribution >= 4 is 37.9 Å². The van der Waals surface area contributed by atoms with Crippen molar-refractivity contribution in [1.82, 2.24) is 13.7 Å². The molecule has 0 amide bonds. The Morgan fingerprint density at radius 1 is 1.60 bits per heavy atom. The van der Waals surface area contributed by atoms with E-state index in [1.807, 2.05) is 0 Å². The highest BCUT2D eigenvalue weighted by molar-refractivity contribution is 7.89. The van der Waals surface area contributed by atoms with Crippen molar-refractivity contribution in [3.8, 4) is 0 Å². The van der Waals surface area contributed by atoms with Gasteiger partial charge in [-0.3, -0.25) is 4.40 Å². The van der Waals surface area contributed by atoms with Crippen LogP contribution in [0.5, 0.6) is 0 Å². The van der Waals surface area contributed by atoms with Crippen molar-refractivity contribution < 1.29 is 18.3 Å². The van der Waals surface area contributed by atoms with Crippen molar-refractivity contribution in [2.24, 2.45) is 0 Å². The van der Waals surface area contributed by atoms with E-state index in [4.69, 9.17) is 21.4 Å². The molecule has 0 radical (unpaired) electrons. The second kappa shape index (κ2) is 5.24. The zero-order valence-corrected chi connectivity index (χ0v) is 12.7. The molecule has 1 unspecified atom stereocenters. The third kappa shape index (κ3) is 2.24. The van der Waals surface area contributed by atoms with E-state index in [1.165, 1.54) is 20.0 Å². The maximum Gasteiger partial charge on any atom is 0.262 e. The number of aliphatic hydroxyl groups is 1. The molecular formula is C10H12ClN3O4S2. The molecule has 0 aliphatic carbocycles. The van der Waals surface area contributed by atoms with Crippen molar-refractivity contribution in [1.29, 1.82) is 0 Å². The fourth-order valence-electron chi connectivity index (χ4n) is 2.11. The maximum absolute atomic E-state index is 12.7. The molecule has 3 heterocycles. The van der Waals surface area contributed by atoms with Gasteiger partial charge < -0.3 is 9.84 Å². The molecule has 0 spiro atoms. The van der Waals surface area contributed by atoms with E-state index in [-0.39, 0.29) is 36.5 Å². The van der Waals surface area contributed by atoms with Gasteiger partial charge in [0.2, 0.25) is 0 Å². The summed E-state index contributed by atoms with van der Waals surface area (Å²) < 4.78 is 33.4. The molecular weight excluding hydrogens is 326 g/mol.